The van der Waals surface area contributed by atoms with Gasteiger partial charge in [-0.25, -0.2) is 0 Å². The lowest BCUT2D eigenvalue weighted by Crippen LogP contribution is -2.45. The van der Waals surface area contributed by atoms with E-state index < -0.39 is 0 Å². The van der Waals surface area contributed by atoms with Gasteiger partial charge in [0.05, 0.1) is 0 Å². The number of hydrogen-bond acceptors (Lipinski definition) is 2. The number of piperidine rings is 1. The number of hydrogen-bond donors (Lipinski definition) is 0. The second-order valence-electron chi connectivity index (χ2n) is 6.66. The van der Waals surface area contributed by atoms with Gasteiger partial charge in [-0.05, 0) is 17.0 Å². The summed E-state index contributed by atoms with van der Waals surface area (Å²) in [6, 6.07) is 8.89. The molecule has 19 heavy (non-hydrogen) atoms. The van der Waals surface area contributed by atoms with Crippen LogP contribution in [-0.4, -0.2) is 23.8 Å². The molecular formula is C17H25NO. The summed E-state index contributed by atoms with van der Waals surface area (Å²) in [6.07, 6.45) is 0.692. The average molecular weight is 259 g/mol. The van der Waals surface area contributed by atoms with Gasteiger partial charge < -0.3 is 0 Å². The lowest BCUT2D eigenvalue weighted by atomic mass is 9.82. The fraction of sp³-hybridized carbons (Fsp3) is 0.588. The van der Waals surface area contributed by atoms with Crippen LogP contribution in [0.4, 0.5) is 0 Å². The Morgan fingerprint density at radius 1 is 1.21 bits per heavy atom. The summed E-state index contributed by atoms with van der Waals surface area (Å²) >= 11 is 0. The van der Waals surface area contributed by atoms with E-state index >= 15 is 0 Å². The van der Waals surface area contributed by atoms with E-state index in [9.17, 15) is 4.79 Å². The Labute approximate surface area is 116 Å². The lowest BCUT2D eigenvalue weighted by Gasteiger charge is -2.36. The fourth-order valence-corrected chi connectivity index (χ4v) is 2.73. The number of likely N-dealkylation sites (tertiary alicyclic amines) is 1. The van der Waals surface area contributed by atoms with Crippen LogP contribution in [0, 0.1) is 5.41 Å². The molecule has 0 spiro atoms. The third kappa shape index (κ3) is 3.44. The largest absolute Gasteiger partial charge is 0.299 e. The molecule has 1 aliphatic rings. The van der Waals surface area contributed by atoms with E-state index in [2.05, 4.69) is 56.9 Å². The molecule has 2 rings (SSSR count). The molecule has 1 aliphatic heterocycles. The van der Waals surface area contributed by atoms with Crippen LogP contribution < -0.4 is 0 Å². The molecule has 1 aromatic carbocycles. The summed E-state index contributed by atoms with van der Waals surface area (Å²) in [4.78, 5) is 14.2. The van der Waals surface area contributed by atoms with Crippen LogP contribution in [0.3, 0.4) is 0 Å². The molecule has 0 atom stereocenters. The molecule has 0 aliphatic carbocycles. The van der Waals surface area contributed by atoms with E-state index in [0.29, 0.717) is 18.1 Å². The highest BCUT2D eigenvalue weighted by atomic mass is 16.1. The highest BCUT2D eigenvalue weighted by Gasteiger charge is 2.33. The SMILES string of the molecule is CC(C)c1ccc(CN2CCC(=O)C(C)(C)C2)cc1. The predicted octanol–water partition coefficient (Wildman–Crippen LogP) is 3.61. The first-order valence-electron chi connectivity index (χ1n) is 7.23. The van der Waals surface area contributed by atoms with Crippen molar-refractivity contribution in [1.82, 2.24) is 4.90 Å². The highest BCUT2D eigenvalue weighted by Crippen LogP contribution is 2.26. The lowest BCUT2D eigenvalue weighted by molar-refractivity contribution is -0.131. The number of nitrogens with zero attached hydrogens (tertiary/aromatic N) is 1. The van der Waals surface area contributed by atoms with Crippen molar-refractivity contribution in [1.29, 1.82) is 0 Å². The summed E-state index contributed by atoms with van der Waals surface area (Å²) < 4.78 is 0. The number of ketones is 1. The first-order chi connectivity index (χ1) is 8.88. The van der Waals surface area contributed by atoms with Crippen LogP contribution >= 0.6 is 0 Å². The highest BCUT2D eigenvalue weighted by molar-refractivity contribution is 5.85. The van der Waals surface area contributed by atoms with E-state index in [0.717, 1.165) is 19.6 Å². The molecule has 2 nitrogen and oxygen atoms in total. The van der Waals surface area contributed by atoms with E-state index in [1.165, 1.54) is 11.1 Å². The number of carbonyl (C=O) groups excluding carboxylic acids is 1. The third-order valence-electron chi connectivity index (χ3n) is 4.08. The van der Waals surface area contributed by atoms with E-state index in [1.807, 2.05) is 0 Å². The van der Waals surface area contributed by atoms with Gasteiger partial charge in [-0.15, -0.1) is 0 Å². The number of carbonyl (C=O) groups is 1. The number of Topliss-reactive ketones (excluding diaryl/α,β-unsaturated/α-hetero) is 1. The van der Waals surface area contributed by atoms with Crippen molar-refractivity contribution in [2.45, 2.75) is 46.6 Å². The third-order valence-corrected chi connectivity index (χ3v) is 4.08. The molecule has 1 saturated heterocycles. The fourth-order valence-electron chi connectivity index (χ4n) is 2.73. The molecule has 2 heteroatoms. The Kier molecular flexibility index (Phi) is 4.10. The maximum Gasteiger partial charge on any atom is 0.141 e. The smallest absolute Gasteiger partial charge is 0.141 e. The van der Waals surface area contributed by atoms with Crippen LogP contribution in [0.5, 0.6) is 0 Å². The second-order valence-corrected chi connectivity index (χ2v) is 6.66. The molecule has 1 aromatic rings. The van der Waals surface area contributed by atoms with Crippen LogP contribution in [0.1, 0.15) is 51.2 Å². The zero-order valence-corrected chi connectivity index (χ0v) is 12.6. The average Bonchev–Trinajstić information content (AvgIpc) is 2.34. The van der Waals surface area contributed by atoms with Gasteiger partial charge in [0.1, 0.15) is 5.78 Å². The van der Waals surface area contributed by atoms with Crippen LogP contribution in [0.2, 0.25) is 0 Å². The Balaban J connectivity index is 2.00. The number of benzene rings is 1. The van der Waals surface area contributed by atoms with Crippen molar-refractivity contribution in [2.24, 2.45) is 5.41 Å². The Morgan fingerprint density at radius 2 is 1.84 bits per heavy atom. The quantitative estimate of drug-likeness (QED) is 0.826. The molecule has 0 unspecified atom stereocenters. The summed E-state index contributed by atoms with van der Waals surface area (Å²) in [5, 5.41) is 0. The number of rotatable bonds is 3. The van der Waals surface area contributed by atoms with Crippen LogP contribution in [0.25, 0.3) is 0 Å². The molecule has 0 bridgehead atoms. The van der Waals surface area contributed by atoms with Gasteiger partial charge in [-0.3, -0.25) is 9.69 Å². The molecule has 104 valence electrons. The Bertz CT molecular complexity index is 445. The standard InChI is InChI=1S/C17H25NO/c1-13(2)15-7-5-14(6-8-15)11-18-10-9-16(19)17(3,4)12-18/h5-8,13H,9-12H2,1-4H3. The van der Waals surface area contributed by atoms with Gasteiger partial charge in [0, 0.05) is 31.5 Å². The van der Waals surface area contributed by atoms with Crippen molar-refractivity contribution in [3.05, 3.63) is 35.4 Å². The molecule has 1 fully saturated rings. The molecule has 0 radical (unpaired) electrons. The van der Waals surface area contributed by atoms with Gasteiger partial charge in [0.2, 0.25) is 0 Å². The second kappa shape index (κ2) is 5.46. The minimum atomic E-state index is -0.184. The maximum atomic E-state index is 11.8. The monoisotopic (exact) mass is 259 g/mol. The normalized spacial score (nSPS) is 19.9. The van der Waals surface area contributed by atoms with Crippen molar-refractivity contribution < 1.29 is 4.79 Å². The predicted molar refractivity (Wildman–Crippen MR) is 79.2 cm³/mol. The first kappa shape index (κ1) is 14.3. The molecule has 0 amide bonds. The summed E-state index contributed by atoms with van der Waals surface area (Å²) in [5.41, 5.74) is 2.54. The first-order valence-corrected chi connectivity index (χ1v) is 7.23. The van der Waals surface area contributed by atoms with Crippen molar-refractivity contribution in [2.75, 3.05) is 13.1 Å². The van der Waals surface area contributed by atoms with Gasteiger partial charge in [0.15, 0.2) is 0 Å². The van der Waals surface area contributed by atoms with Crippen molar-refractivity contribution in [3.8, 4) is 0 Å². The summed E-state index contributed by atoms with van der Waals surface area (Å²) in [7, 11) is 0. The Morgan fingerprint density at radius 3 is 2.37 bits per heavy atom. The van der Waals surface area contributed by atoms with Gasteiger partial charge in [-0.1, -0.05) is 52.0 Å². The van der Waals surface area contributed by atoms with Crippen LogP contribution in [0.15, 0.2) is 24.3 Å². The van der Waals surface area contributed by atoms with E-state index in [1.54, 1.807) is 0 Å². The molecule has 1 heterocycles. The van der Waals surface area contributed by atoms with Crippen LogP contribution in [-0.2, 0) is 11.3 Å². The summed E-state index contributed by atoms with van der Waals surface area (Å²) in [6.45, 7) is 11.3. The van der Waals surface area contributed by atoms with E-state index in [4.69, 9.17) is 0 Å². The zero-order valence-electron chi connectivity index (χ0n) is 12.6. The molecular weight excluding hydrogens is 234 g/mol. The maximum absolute atomic E-state index is 11.8. The minimum Gasteiger partial charge on any atom is -0.299 e. The molecule has 0 N–H and O–H groups in total. The van der Waals surface area contributed by atoms with Crippen molar-refractivity contribution in [3.63, 3.8) is 0 Å². The molecule has 0 aromatic heterocycles. The molecule has 0 saturated carbocycles. The van der Waals surface area contributed by atoms with Gasteiger partial charge in [0.25, 0.3) is 0 Å². The minimum absolute atomic E-state index is 0.184. The summed E-state index contributed by atoms with van der Waals surface area (Å²) in [5.74, 6) is 0.986. The van der Waals surface area contributed by atoms with Gasteiger partial charge in [-0.2, -0.15) is 0 Å². The zero-order chi connectivity index (χ0) is 14.0. The topological polar surface area (TPSA) is 20.3 Å². The Hall–Kier alpha value is -1.15. The van der Waals surface area contributed by atoms with Gasteiger partial charge >= 0.3 is 0 Å². The van der Waals surface area contributed by atoms with E-state index in [-0.39, 0.29) is 5.41 Å². The van der Waals surface area contributed by atoms with Crippen molar-refractivity contribution >= 4 is 5.78 Å².